The topological polar surface area (TPSA) is 52.6 Å². The van der Waals surface area contributed by atoms with E-state index in [0.717, 1.165) is 25.8 Å². The van der Waals surface area contributed by atoms with Crippen LogP contribution in [-0.4, -0.2) is 35.7 Å². The van der Waals surface area contributed by atoms with E-state index in [1.165, 1.54) is 0 Å². The monoisotopic (exact) mass is 316 g/mol. The van der Waals surface area contributed by atoms with Gasteiger partial charge in [0, 0.05) is 25.4 Å². The van der Waals surface area contributed by atoms with Crippen LogP contribution < -0.4 is 5.32 Å². The number of carbonyl (C=O) groups is 1. The van der Waals surface area contributed by atoms with E-state index in [9.17, 15) is 4.79 Å². The van der Waals surface area contributed by atoms with Crippen molar-refractivity contribution in [1.82, 2.24) is 4.90 Å². The van der Waals surface area contributed by atoms with Crippen LogP contribution in [0.1, 0.15) is 19.3 Å². The van der Waals surface area contributed by atoms with E-state index in [2.05, 4.69) is 5.32 Å². The molecule has 1 aliphatic rings. The van der Waals surface area contributed by atoms with Gasteiger partial charge in [0.1, 0.15) is 0 Å². The van der Waals surface area contributed by atoms with Crippen LogP contribution in [0, 0.1) is 5.92 Å². The maximum atomic E-state index is 12.2. The van der Waals surface area contributed by atoms with Gasteiger partial charge in [-0.15, -0.1) is 0 Å². The summed E-state index contributed by atoms with van der Waals surface area (Å²) in [6.07, 6.45) is 2.78. The molecular weight excluding hydrogens is 299 g/mol. The van der Waals surface area contributed by atoms with Crippen LogP contribution in [-0.2, 0) is 0 Å². The first kappa shape index (κ1) is 15.4. The number of nitrogens with one attached hydrogen (secondary N) is 1. The quantitative estimate of drug-likeness (QED) is 0.894. The Morgan fingerprint density at radius 3 is 2.90 bits per heavy atom. The second kappa shape index (κ2) is 7.16. The fraction of sp³-hybridized carbons (Fsp3) is 0.500. The summed E-state index contributed by atoms with van der Waals surface area (Å²) in [5.74, 6) is 0.383. The van der Waals surface area contributed by atoms with Gasteiger partial charge in [0.05, 0.1) is 10.0 Å². The summed E-state index contributed by atoms with van der Waals surface area (Å²) >= 11 is 11.8. The summed E-state index contributed by atoms with van der Waals surface area (Å²) in [7, 11) is 0. The summed E-state index contributed by atoms with van der Waals surface area (Å²) in [6, 6.07) is 4.88. The molecule has 0 spiro atoms. The largest absolute Gasteiger partial charge is 0.396 e. The zero-order chi connectivity index (χ0) is 14.5. The number of urea groups is 1. The van der Waals surface area contributed by atoms with E-state index in [0.29, 0.717) is 28.2 Å². The third-order valence-corrected chi connectivity index (χ3v) is 4.25. The summed E-state index contributed by atoms with van der Waals surface area (Å²) < 4.78 is 0. The summed E-state index contributed by atoms with van der Waals surface area (Å²) in [5, 5.41) is 12.7. The Bertz CT molecular complexity index is 480. The third kappa shape index (κ3) is 4.01. The minimum Gasteiger partial charge on any atom is -0.396 e. The molecular formula is C14H18Cl2N2O2. The molecule has 0 saturated carbocycles. The molecule has 1 fully saturated rings. The number of anilines is 1. The number of hydrogen-bond acceptors (Lipinski definition) is 2. The van der Waals surface area contributed by atoms with Gasteiger partial charge >= 0.3 is 6.03 Å². The Balaban J connectivity index is 1.95. The number of benzene rings is 1. The lowest BCUT2D eigenvalue weighted by Crippen LogP contribution is -2.42. The first-order chi connectivity index (χ1) is 9.60. The van der Waals surface area contributed by atoms with Gasteiger partial charge < -0.3 is 15.3 Å². The van der Waals surface area contributed by atoms with Gasteiger partial charge in [-0.3, -0.25) is 0 Å². The molecule has 110 valence electrons. The molecule has 2 rings (SSSR count). The number of halogens is 2. The van der Waals surface area contributed by atoms with E-state index in [4.69, 9.17) is 28.3 Å². The molecule has 0 radical (unpaired) electrons. The molecule has 20 heavy (non-hydrogen) atoms. The predicted octanol–water partition coefficient (Wildman–Crippen LogP) is 3.62. The third-order valence-electron chi connectivity index (χ3n) is 3.51. The first-order valence-corrected chi connectivity index (χ1v) is 7.47. The van der Waals surface area contributed by atoms with Gasteiger partial charge in [0.15, 0.2) is 0 Å². The van der Waals surface area contributed by atoms with Crippen LogP contribution in [0.3, 0.4) is 0 Å². The SMILES string of the molecule is O=C(Nc1ccc(Cl)c(Cl)c1)N1CCCC(CCO)C1. The maximum absolute atomic E-state index is 12.2. The van der Waals surface area contributed by atoms with Crippen molar-refractivity contribution >= 4 is 34.9 Å². The lowest BCUT2D eigenvalue weighted by Gasteiger charge is -2.32. The Morgan fingerprint density at radius 2 is 2.20 bits per heavy atom. The zero-order valence-corrected chi connectivity index (χ0v) is 12.6. The average Bonchev–Trinajstić information content (AvgIpc) is 2.43. The number of aliphatic hydroxyl groups excluding tert-OH is 1. The molecule has 1 atom stereocenters. The fourth-order valence-corrected chi connectivity index (χ4v) is 2.74. The van der Waals surface area contributed by atoms with Crippen molar-refractivity contribution in [2.45, 2.75) is 19.3 Å². The number of likely N-dealkylation sites (tertiary alicyclic amines) is 1. The summed E-state index contributed by atoms with van der Waals surface area (Å²) in [6.45, 7) is 1.61. The molecule has 0 bridgehead atoms. The second-order valence-electron chi connectivity index (χ2n) is 5.03. The predicted molar refractivity (Wildman–Crippen MR) is 81.5 cm³/mol. The van der Waals surface area contributed by atoms with Crippen molar-refractivity contribution in [2.75, 3.05) is 25.0 Å². The van der Waals surface area contributed by atoms with Crippen molar-refractivity contribution in [2.24, 2.45) is 5.92 Å². The Morgan fingerprint density at radius 1 is 1.40 bits per heavy atom. The molecule has 1 heterocycles. The summed E-state index contributed by atoms with van der Waals surface area (Å²) in [5.41, 5.74) is 0.633. The molecule has 1 unspecified atom stereocenters. The normalized spacial score (nSPS) is 18.9. The van der Waals surface area contributed by atoms with Crippen molar-refractivity contribution in [3.63, 3.8) is 0 Å². The smallest absolute Gasteiger partial charge is 0.321 e. The van der Waals surface area contributed by atoms with Gasteiger partial charge in [-0.1, -0.05) is 23.2 Å². The number of piperidine rings is 1. The molecule has 2 amide bonds. The standard InChI is InChI=1S/C14H18Cl2N2O2/c15-12-4-3-11(8-13(12)16)17-14(20)18-6-1-2-10(9-18)5-7-19/h3-4,8,10,19H,1-2,5-7,9H2,(H,17,20). The van der Waals surface area contributed by atoms with Gasteiger partial charge in [-0.25, -0.2) is 4.79 Å². The van der Waals surface area contributed by atoms with Crippen LogP contribution in [0.15, 0.2) is 18.2 Å². The number of carbonyl (C=O) groups excluding carboxylic acids is 1. The van der Waals surface area contributed by atoms with E-state index >= 15 is 0 Å². The molecule has 4 nitrogen and oxygen atoms in total. The highest BCUT2D eigenvalue weighted by Gasteiger charge is 2.23. The van der Waals surface area contributed by atoms with Gasteiger partial charge in [0.25, 0.3) is 0 Å². The van der Waals surface area contributed by atoms with Gasteiger partial charge in [-0.2, -0.15) is 0 Å². The van der Waals surface area contributed by atoms with Gasteiger partial charge in [0.2, 0.25) is 0 Å². The number of aliphatic hydroxyl groups is 1. The Hall–Kier alpha value is -0.970. The van der Waals surface area contributed by atoms with Crippen molar-refractivity contribution in [1.29, 1.82) is 0 Å². The van der Waals surface area contributed by atoms with Crippen LogP contribution in [0.25, 0.3) is 0 Å². The van der Waals surface area contributed by atoms with E-state index in [-0.39, 0.29) is 12.6 Å². The van der Waals surface area contributed by atoms with Crippen LogP contribution in [0.2, 0.25) is 10.0 Å². The second-order valence-corrected chi connectivity index (χ2v) is 5.84. The number of amides is 2. The average molecular weight is 317 g/mol. The van der Waals surface area contributed by atoms with E-state index in [1.54, 1.807) is 23.1 Å². The highest BCUT2D eigenvalue weighted by Crippen LogP contribution is 2.26. The number of hydrogen-bond donors (Lipinski definition) is 2. The molecule has 2 N–H and O–H groups in total. The zero-order valence-electron chi connectivity index (χ0n) is 11.1. The van der Waals surface area contributed by atoms with Crippen LogP contribution in [0.5, 0.6) is 0 Å². The number of rotatable bonds is 3. The molecule has 1 aliphatic heterocycles. The highest BCUT2D eigenvalue weighted by atomic mass is 35.5. The van der Waals surface area contributed by atoms with Crippen molar-refractivity contribution in [3.05, 3.63) is 28.2 Å². The van der Waals surface area contributed by atoms with Crippen LogP contribution >= 0.6 is 23.2 Å². The number of nitrogens with zero attached hydrogens (tertiary/aromatic N) is 1. The minimum absolute atomic E-state index is 0.133. The fourth-order valence-electron chi connectivity index (χ4n) is 2.44. The Labute approximate surface area is 128 Å². The Kier molecular flexibility index (Phi) is 5.52. The van der Waals surface area contributed by atoms with E-state index in [1.807, 2.05) is 0 Å². The van der Waals surface area contributed by atoms with E-state index < -0.39 is 0 Å². The lowest BCUT2D eigenvalue weighted by atomic mass is 9.95. The van der Waals surface area contributed by atoms with Crippen molar-refractivity contribution in [3.8, 4) is 0 Å². The molecule has 1 aromatic rings. The maximum Gasteiger partial charge on any atom is 0.321 e. The van der Waals surface area contributed by atoms with Crippen LogP contribution in [0.4, 0.5) is 10.5 Å². The summed E-state index contributed by atoms with van der Waals surface area (Å²) in [4.78, 5) is 14.0. The molecule has 0 aromatic heterocycles. The molecule has 1 aromatic carbocycles. The highest BCUT2D eigenvalue weighted by molar-refractivity contribution is 6.42. The first-order valence-electron chi connectivity index (χ1n) is 6.72. The molecule has 6 heteroatoms. The lowest BCUT2D eigenvalue weighted by molar-refractivity contribution is 0.159. The van der Waals surface area contributed by atoms with Gasteiger partial charge in [-0.05, 0) is 43.4 Å². The molecule has 0 aliphatic carbocycles. The molecule has 1 saturated heterocycles. The van der Waals surface area contributed by atoms with Crippen molar-refractivity contribution < 1.29 is 9.90 Å². The minimum atomic E-state index is -0.133.